The van der Waals surface area contributed by atoms with Crippen molar-refractivity contribution in [3.63, 3.8) is 0 Å². The molecule has 1 unspecified atom stereocenters. The van der Waals surface area contributed by atoms with Crippen LogP contribution in [0.25, 0.3) is 0 Å². The van der Waals surface area contributed by atoms with Crippen molar-refractivity contribution in [3.05, 3.63) is 88.5 Å². The van der Waals surface area contributed by atoms with Crippen LogP contribution in [0.4, 0.5) is 5.69 Å². The first kappa shape index (κ1) is 25.8. The van der Waals surface area contributed by atoms with Crippen LogP contribution in [0.15, 0.2) is 60.7 Å². The lowest BCUT2D eigenvalue weighted by Gasteiger charge is -2.34. The molecule has 190 valence electrons. The van der Waals surface area contributed by atoms with Gasteiger partial charge in [-0.15, -0.1) is 0 Å². The summed E-state index contributed by atoms with van der Waals surface area (Å²) in [4.78, 5) is 14.2. The van der Waals surface area contributed by atoms with Crippen LogP contribution in [0.3, 0.4) is 0 Å². The van der Waals surface area contributed by atoms with Crippen LogP contribution in [0.2, 0.25) is 0 Å². The van der Waals surface area contributed by atoms with E-state index in [9.17, 15) is 9.90 Å². The first-order chi connectivity index (χ1) is 16.9. The third-order valence-corrected chi connectivity index (χ3v) is 6.98. The molecule has 1 aliphatic heterocycles. The highest BCUT2D eigenvalue weighted by molar-refractivity contribution is 6.12. The molecule has 3 aromatic carbocycles. The lowest BCUT2D eigenvalue weighted by atomic mass is 9.67. The number of rotatable bonds is 6. The fourth-order valence-electron chi connectivity index (χ4n) is 4.89. The van der Waals surface area contributed by atoms with Crippen LogP contribution in [0.1, 0.15) is 69.4 Å². The third kappa shape index (κ3) is 4.37. The smallest absolute Gasteiger partial charge is 0.244 e. The summed E-state index contributed by atoms with van der Waals surface area (Å²) < 4.78 is 11.4. The second-order valence-corrected chi connectivity index (χ2v) is 11.5. The maximum Gasteiger partial charge on any atom is 0.244 e. The topological polar surface area (TPSA) is 67.8 Å². The van der Waals surface area contributed by atoms with Crippen molar-refractivity contribution < 1.29 is 19.4 Å². The van der Waals surface area contributed by atoms with E-state index in [2.05, 4.69) is 52.9 Å². The molecular weight excluding hydrogens is 450 g/mol. The molecule has 1 atom stereocenters. The monoisotopic (exact) mass is 487 g/mol. The first-order valence-electron chi connectivity index (χ1n) is 12.4. The summed E-state index contributed by atoms with van der Waals surface area (Å²) >= 11 is 0. The van der Waals surface area contributed by atoms with Crippen molar-refractivity contribution in [1.82, 2.24) is 0 Å². The third-order valence-electron chi connectivity index (χ3n) is 6.98. The number of anilines is 1. The van der Waals surface area contributed by atoms with Gasteiger partial charge in [0, 0.05) is 29.5 Å². The second kappa shape index (κ2) is 9.29. The first-order valence-corrected chi connectivity index (χ1v) is 12.4. The Kier molecular flexibility index (Phi) is 6.65. The highest BCUT2D eigenvalue weighted by atomic mass is 16.5. The van der Waals surface area contributed by atoms with Crippen molar-refractivity contribution in [2.24, 2.45) is 0 Å². The zero-order valence-electron chi connectivity index (χ0n) is 22.4. The molecule has 4 rings (SSSR count). The Morgan fingerprint density at radius 2 is 1.42 bits per heavy atom. The fourth-order valence-corrected chi connectivity index (χ4v) is 4.89. The number of hydrogen-bond acceptors (Lipinski definition) is 4. The Balaban J connectivity index is 2.12. The molecule has 36 heavy (non-hydrogen) atoms. The molecule has 0 radical (unpaired) electrons. The molecule has 5 heteroatoms. The van der Waals surface area contributed by atoms with Gasteiger partial charge in [-0.1, -0.05) is 71.9 Å². The van der Waals surface area contributed by atoms with Gasteiger partial charge in [0.1, 0.15) is 23.5 Å². The molecule has 0 saturated heterocycles. The lowest BCUT2D eigenvalue weighted by Crippen LogP contribution is -2.38. The molecule has 0 saturated carbocycles. The molecule has 0 bridgehead atoms. The van der Waals surface area contributed by atoms with E-state index in [1.807, 2.05) is 48.5 Å². The molecule has 5 nitrogen and oxygen atoms in total. The molecule has 0 aliphatic carbocycles. The average Bonchev–Trinajstić information content (AvgIpc) is 3.10. The number of nitrogens with one attached hydrogen (secondary N) is 1. The highest BCUT2D eigenvalue weighted by Crippen LogP contribution is 2.53. The van der Waals surface area contributed by atoms with Crippen LogP contribution < -0.4 is 10.1 Å². The number of carbonyl (C=O) groups is 1. The molecule has 0 fully saturated rings. The van der Waals surface area contributed by atoms with Gasteiger partial charge in [0.15, 0.2) is 0 Å². The molecule has 1 amide bonds. The number of hydrogen-bond donors (Lipinski definition) is 2. The van der Waals surface area contributed by atoms with E-state index in [0.717, 1.165) is 22.4 Å². The predicted octanol–water partition coefficient (Wildman–Crippen LogP) is 6.30. The summed E-state index contributed by atoms with van der Waals surface area (Å²) in [6.07, 6.45) is 0. The van der Waals surface area contributed by atoms with Gasteiger partial charge in [0.2, 0.25) is 5.91 Å². The van der Waals surface area contributed by atoms with Gasteiger partial charge < -0.3 is 19.9 Å². The number of ether oxygens (including phenoxy) is 2. The van der Waals surface area contributed by atoms with Gasteiger partial charge >= 0.3 is 0 Å². The Morgan fingerprint density at radius 1 is 0.806 bits per heavy atom. The number of aromatic hydroxyl groups is 1. The molecule has 3 aromatic rings. The van der Waals surface area contributed by atoms with Gasteiger partial charge in [0.05, 0.1) is 6.61 Å². The molecule has 1 aliphatic rings. The van der Waals surface area contributed by atoms with E-state index in [1.165, 1.54) is 0 Å². The predicted molar refractivity (Wildman–Crippen MR) is 144 cm³/mol. The summed E-state index contributed by atoms with van der Waals surface area (Å²) in [6.45, 7) is 13.6. The quantitative estimate of drug-likeness (QED) is 0.401. The van der Waals surface area contributed by atoms with Gasteiger partial charge in [-0.05, 0) is 52.3 Å². The van der Waals surface area contributed by atoms with Crippen molar-refractivity contribution in [2.45, 2.75) is 57.8 Å². The minimum atomic E-state index is -1.30. The minimum absolute atomic E-state index is 0.0684. The summed E-state index contributed by atoms with van der Waals surface area (Å²) in [5.74, 6) is 0.444. The fraction of sp³-hybridized carbons (Fsp3) is 0.387. The Morgan fingerprint density at radius 3 is 2.06 bits per heavy atom. The van der Waals surface area contributed by atoms with Crippen LogP contribution in [-0.2, 0) is 25.8 Å². The lowest BCUT2D eigenvalue weighted by molar-refractivity contribution is -0.118. The molecule has 0 aromatic heterocycles. The van der Waals surface area contributed by atoms with E-state index in [-0.39, 0.29) is 22.5 Å². The number of phenols is 1. The van der Waals surface area contributed by atoms with Gasteiger partial charge in [-0.3, -0.25) is 4.79 Å². The minimum Gasteiger partial charge on any atom is -0.508 e. The Labute approximate surface area is 214 Å². The number of fused-ring (bicyclic) bond motifs is 1. The number of para-hydroxylation sites is 1. The van der Waals surface area contributed by atoms with Crippen LogP contribution >= 0.6 is 0 Å². The van der Waals surface area contributed by atoms with Crippen LogP contribution in [-0.4, -0.2) is 31.3 Å². The summed E-state index contributed by atoms with van der Waals surface area (Å²) in [6, 6.07) is 19.3. The van der Waals surface area contributed by atoms with E-state index in [4.69, 9.17) is 9.47 Å². The van der Waals surface area contributed by atoms with Crippen molar-refractivity contribution >= 4 is 11.6 Å². The summed E-state index contributed by atoms with van der Waals surface area (Å²) in [7, 11) is 1.63. The Bertz CT molecular complexity index is 1280. The maximum atomic E-state index is 14.2. The molecule has 1 heterocycles. The maximum absolute atomic E-state index is 14.2. The molecule has 0 spiro atoms. The summed E-state index contributed by atoms with van der Waals surface area (Å²) in [5, 5.41) is 14.4. The van der Waals surface area contributed by atoms with Crippen LogP contribution in [0.5, 0.6) is 11.5 Å². The van der Waals surface area contributed by atoms with Gasteiger partial charge in [-0.25, -0.2) is 0 Å². The van der Waals surface area contributed by atoms with E-state index in [1.54, 1.807) is 13.2 Å². The zero-order valence-corrected chi connectivity index (χ0v) is 22.4. The average molecular weight is 488 g/mol. The number of methoxy groups -OCH3 is 1. The molecular formula is C31H37NO4. The van der Waals surface area contributed by atoms with Gasteiger partial charge in [-0.2, -0.15) is 0 Å². The van der Waals surface area contributed by atoms with Crippen LogP contribution in [0, 0.1) is 0 Å². The van der Waals surface area contributed by atoms with E-state index in [0.29, 0.717) is 30.1 Å². The van der Waals surface area contributed by atoms with Gasteiger partial charge in [0.25, 0.3) is 0 Å². The summed E-state index contributed by atoms with van der Waals surface area (Å²) in [5.41, 5.74) is 3.22. The van der Waals surface area contributed by atoms with E-state index < -0.39 is 5.41 Å². The Hall–Kier alpha value is -3.31. The zero-order chi connectivity index (χ0) is 26.3. The SMILES string of the molecule is COCCOc1ccc(C(C)(C)C)cc1C1(c2cc(C(C)(C)C)ccc2O)C(=O)Nc2ccccc21. The largest absolute Gasteiger partial charge is 0.508 e. The normalized spacial score (nSPS) is 17.6. The van der Waals surface area contributed by atoms with Crippen molar-refractivity contribution in [3.8, 4) is 11.5 Å². The number of phenolic OH excluding ortho intramolecular Hbond substituents is 1. The van der Waals surface area contributed by atoms with Crippen molar-refractivity contribution in [2.75, 3.05) is 25.6 Å². The molecule has 2 N–H and O–H groups in total. The standard InChI is InChI=1S/C31H37NO4/c1-29(2,3)20-12-14-26(33)23(18-20)31(22-10-8-9-11-25(22)32-28(31)34)24-19-21(30(4,5)6)13-15-27(24)36-17-16-35-7/h8-15,18-19,33H,16-17H2,1-7H3,(H,32,34). The second-order valence-electron chi connectivity index (χ2n) is 11.5. The number of benzene rings is 3. The number of amides is 1. The highest BCUT2D eigenvalue weighted by Gasteiger charge is 2.53. The number of carbonyl (C=O) groups excluding carboxylic acids is 1. The van der Waals surface area contributed by atoms with E-state index >= 15 is 0 Å². The van der Waals surface area contributed by atoms with Crippen molar-refractivity contribution in [1.29, 1.82) is 0 Å².